The highest BCUT2D eigenvalue weighted by molar-refractivity contribution is 5.94. The molecule has 2 N–H and O–H groups in total. The van der Waals surface area contributed by atoms with E-state index in [9.17, 15) is 14.0 Å². The molecule has 0 fully saturated rings. The third-order valence-corrected chi connectivity index (χ3v) is 3.10. The number of nitrogens with one attached hydrogen (secondary N) is 2. The summed E-state index contributed by atoms with van der Waals surface area (Å²) in [5.41, 5.74) is 1.17. The van der Waals surface area contributed by atoms with Crippen LogP contribution in [-0.4, -0.2) is 18.9 Å². The molecule has 0 unspecified atom stereocenters. The fourth-order valence-electron chi connectivity index (χ4n) is 2.12. The van der Waals surface area contributed by atoms with Crippen molar-refractivity contribution in [2.45, 2.75) is 13.3 Å². The maximum absolute atomic E-state index is 13.6. The average Bonchev–Trinajstić information content (AvgIpc) is 2.50. The molecule has 2 amide bonds. The van der Waals surface area contributed by atoms with Crippen molar-refractivity contribution in [1.29, 1.82) is 0 Å². The first-order valence-electron chi connectivity index (χ1n) is 6.98. The second-order valence-electron chi connectivity index (χ2n) is 4.91. The van der Waals surface area contributed by atoms with Crippen LogP contribution in [-0.2, 0) is 16.0 Å². The van der Waals surface area contributed by atoms with Gasteiger partial charge in [-0.1, -0.05) is 18.2 Å². The van der Waals surface area contributed by atoms with Crippen molar-refractivity contribution < 1.29 is 18.7 Å². The number of carbonyl (C=O) groups excluding carboxylic acids is 2. The summed E-state index contributed by atoms with van der Waals surface area (Å²) in [5, 5.41) is 5.04. The number of hydrogen-bond donors (Lipinski definition) is 2. The van der Waals surface area contributed by atoms with Crippen molar-refractivity contribution >= 4 is 23.2 Å². The number of amides is 2. The van der Waals surface area contributed by atoms with E-state index < -0.39 is 5.82 Å². The number of hydrogen-bond acceptors (Lipinski definition) is 3. The lowest BCUT2D eigenvalue weighted by Gasteiger charge is -2.10. The lowest BCUT2D eigenvalue weighted by atomic mass is 10.1. The number of anilines is 2. The number of para-hydroxylation sites is 1. The normalized spacial score (nSPS) is 10.0. The lowest BCUT2D eigenvalue weighted by Crippen LogP contribution is -2.15. The van der Waals surface area contributed by atoms with Gasteiger partial charge in [0.15, 0.2) is 0 Å². The minimum atomic E-state index is -0.567. The zero-order valence-corrected chi connectivity index (χ0v) is 12.9. The summed E-state index contributed by atoms with van der Waals surface area (Å²) in [7, 11) is 1.54. The molecule has 6 heteroatoms. The molecule has 0 aliphatic rings. The summed E-state index contributed by atoms with van der Waals surface area (Å²) in [6.45, 7) is 1.28. The number of rotatable bonds is 5. The Kier molecular flexibility index (Phi) is 5.30. The average molecular weight is 316 g/mol. The van der Waals surface area contributed by atoms with Gasteiger partial charge in [0, 0.05) is 18.2 Å². The molecular weight excluding hydrogens is 299 g/mol. The van der Waals surface area contributed by atoms with Crippen molar-refractivity contribution in [3.05, 3.63) is 53.8 Å². The molecule has 0 aromatic heterocycles. The lowest BCUT2D eigenvalue weighted by molar-refractivity contribution is -0.116. The van der Waals surface area contributed by atoms with Crippen LogP contribution in [0.2, 0.25) is 0 Å². The van der Waals surface area contributed by atoms with E-state index in [2.05, 4.69) is 10.6 Å². The minimum absolute atomic E-state index is 0.0209. The third kappa shape index (κ3) is 4.54. The molecule has 120 valence electrons. The zero-order chi connectivity index (χ0) is 16.8. The van der Waals surface area contributed by atoms with E-state index in [1.54, 1.807) is 12.1 Å². The van der Waals surface area contributed by atoms with Gasteiger partial charge in [0.05, 0.1) is 19.2 Å². The van der Waals surface area contributed by atoms with Crippen molar-refractivity contribution in [2.75, 3.05) is 17.7 Å². The molecule has 0 aliphatic heterocycles. The number of benzene rings is 2. The smallest absolute Gasteiger partial charge is 0.228 e. The second-order valence-corrected chi connectivity index (χ2v) is 4.91. The zero-order valence-electron chi connectivity index (χ0n) is 12.9. The second kappa shape index (κ2) is 7.40. The van der Waals surface area contributed by atoms with Gasteiger partial charge >= 0.3 is 0 Å². The number of carbonyl (C=O) groups is 2. The Morgan fingerprint density at radius 1 is 1.13 bits per heavy atom. The van der Waals surface area contributed by atoms with Crippen molar-refractivity contribution in [1.82, 2.24) is 0 Å². The van der Waals surface area contributed by atoms with E-state index in [1.165, 1.54) is 32.2 Å². The molecule has 0 spiro atoms. The molecular formula is C17H17FN2O3. The van der Waals surface area contributed by atoms with Crippen molar-refractivity contribution in [3.63, 3.8) is 0 Å². The predicted molar refractivity (Wildman–Crippen MR) is 86.0 cm³/mol. The fourth-order valence-corrected chi connectivity index (χ4v) is 2.12. The maximum Gasteiger partial charge on any atom is 0.228 e. The Hall–Kier alpha value is -2.89. The maximum atomic E-state index is 13.6. The van der Waals surface area contributed by atoms with Crippen LogP contribution in [0.3, 0.4) is 0 Å². The summed E-state index contributed by atoms with van der Waals surface area (Å²) in [4.78, 5) is 23.2. The van der Waals surface area contributed by atoms with Gasteiger partial charge in [-0.15, -0.1) is 0 Å². The monoisotopic (exact) mass is 316 g/mol. The largest absolute Gasteiger partial charge is 0.496 e. The molecule has 2 aromatic rings. The summed E-state index contributed by atoms with van der Waals surface area (Å²) in [6.07, 6.45) is 0.122. The van der Waals surface area contributed by atoms with Gasteiger partial charge in [-0.2, -0.15) is 0 Å². The van der Waals surface area contributed by atoms with E-state index in [0.29, 0.717) is 11.4 Å². The van der Waals surface area contributed by atoms with Gasteiger partial charge < -0.3 is 15.4 Å². The summed E-state index contributed by atoms with van der Waals surface area (Å²) in [5.74, 6) is -0.597. The standard InChI is InChI=1S/C17H17FN2O3/c1-11(21)19-15-10-13(7-8-14(15)18)20-17(22)9-12-5-3-4-6-16(12)23-2/h3-8,10H,9H2,1-2H3,(H,19,21)(H,20,22). The van der Waals surface area contributed by atoms with Crippen LogP contribution in [0.25, 0.3) is 0 Å². The van der Waals surface area contributed by atoms with E-state index in [1.807, 2.05) is 12.1 Å². The summed E-state index contributed by atoms with van der Waals surface area (Å²) >= 11 is 0. The molecule has 0 saturated heterocycles. The topological polar surface area (TPSA) is 67.4 Å². The molecule has 23 heavy (non-hydrogen) atoms. The Morgan fingerprint density at radius 3 is 2.57 bits per heavy atom. The minimum Gasteiger partial charge on any atom is -0.496 e. The SMILES string of the molecule is COc1ccccc1CC(=O)Nc1ccc(F)c(NC(C)=O)c1. The van der Waals surface area contributed by atoms with Crippen LogP contribution in [0.4, 0.5) is 15.8 Å². The fraction of sp³-hybridized carbons (Fsp3) is 0.176. The third-order valence-electron chi connectivity index (χ3n) is 3.10. The number of methoxy groups -OCH3 is 1. The van der Waals surface area contributed by atoms with Crippen LogP contribution in [0.5, 0.6) is 5.75 Å². The van der Waals surface area contributed by atoms with E-state index in [4.69, 9.17) is 4.74 Å². The first-order chi connectivity index (χ1) is 11.0. The van der Waals surface area contributed by atoms with E-state index >= 15 is 0 Å². The first kappa shape index (κ1) is 16.5. The van der Waals surface area contributed by atoms with Crippen LogP contribution in [0.1, 0.15) is 12.5 Å². The van der Waals surface area contributed by atoms with Gasteiger partial charge in [-0.05, 0) is 24.3 Å². The van der Waals surface area contributed by atoms with Gasteiger partial charge in [0.2, 0.25) is 11.8 Å². The highest BCUT2D eigenvalue weighted by atomic mass is 19.1. The summed E-state index contributed by atoms with van der Waals surface area (Å²) in [6, 6.07) is 11.2. The Bertz CT molecular complexity index is 732. The molecule has 0 heterocycles. The van der Waals surface area contributed by atoms with Gasteiger partial charge in [0.25, 0.3) is 0 Å². The van der Waals surface area contributed by atoms with Gasteiger partial charge in [0.1, 0.15) is 11.6 Å². The van der Waals surface area contributed by atoms with E-state index in [0.717, 1.165) is 5.56 Å². The van der Waals surface area contributed by atoms with Gasteiger partial charge in [-0.3, -0.25) is 9.59 Å². The molecule has 0 atom stereocenters. The quantitative estimate of drug-likeness (QED) is 0.891. The van der Waals surface area contributed by atoms with Crippen molar-refractivity contribution in [3.8, 4) is 5.75 Å². The molecule has 2 aromatic carbocycles. The van der Waals surface area contributed by atoms with Crippen LogP contribution < -0.4 is 15.4 Å². The summed E-state index contributed by atoms with van der Waals surface area (Å²) < 4.78 is 18.8. The molecule has 0 bridgehead atoms. The molecule has 2 rings (SSSR count). The highest BCUT2D eigenvalue weighted by Gasteiger charge is 2.10. The Balaban J connectivity index is 2.09. The van der Waals surface area contributed by atoms with Crippen molar-refractivity contribution in [2.24, 2.45) is 0 Å². The van der Waals surface area contributed by atoms with E-state index in [-0.39, 0.29) is 23.9 Å². The molecule has 0 saturated carbocycles. The molecule has 0 radical (unpaired) electrons. The van der Waals surface area contributed by atoms with Crippen LogP contribution in [0, 0.1) is 5.82 Å². The number of ether oxygens (including phenoxy) is 1. The predicted octanol–water partition coefficient (Wildman–Crippen LogP) is 2.97. The first-order valence-corrected chi connectivity index (χ1v) is 6.98. The molecule has 0 aliphatic carbocycles. The Morgan fingerprint density at radius 2 is 1.87 bits per heavy atom. The van der Waals surface area contributed by atoms with Crippen LogP contribution in [0.15, 0.2) is 42.5 Å². The Labute approximate surface area is 133 Å². The highest BCUT2D eigenvalue weighted by Crippen LogP contribution is 2.21. The number of halogens is 1. The van der Waals surface area contributed by atoms with Crippen LogP contribution >= 0.6 is 0 Å². The molecule has 5 nitrogen and oxygen atoms in total. The van der Waals surface area contributed by atoms with Gasteiger partial charge in [-0.25, -0.2) is 4.39 Å².